The highest BCUT2D eigenvalue weighted by molar-refractivity contribution is 7.93. The Labute approximate surface area is 95.7 Å². The molecule has 1 aromatic rings. The maximum atomic E-state index is 11.5. The van der Waals surface area contributed by atoms with Crippen molar-refractivity contribution >= 4 is 27.3 Å². The molecule has 0 aliphatic heterocycles. The first kappa shape index (κ1) is 12.3. The van der Waals surface area contributed by atoms with Gasteiger partial charge in [0.25, 0.3) is 0 Å². The first-order valence-electron chi connectivity index (χ1n) is 4.48. The fourth-order valence-electron chi connectivity index (χ4n) is 1.38. The van der Waals surface area contributed by atoms with E-state index >= 15 is 0 Å². The summed E-state index contributed by atoms with van der Waals surface area (Å²) in [4.78, 5) is 0. The third-order valence-electron chi connectivity index (χ3n) is 2.25. The quantitative estimate of drug-likeness (QED) is 0.769. The number of hydrogen-bond acceptors (Lipinski definition) is 2. The summed E-state index contributed by atoms with van der Waals surface area (Å²) < 4.78 is 24.3. The molecule has 0 saturated heterocycles. The molecular weight excluding hydrogens is 234 g/mol. The number of aryl methyl sites for hydroxylation is 2. The van der Waals surface area contributed by atoms with Crippen molar-refractivity contribution in [1.29, 1.82) is 0 Å². The molecule has 0 saturated carbocycles. The topological polar surface area (TPSA) is 37.4 Å². The summed E-state index contributed by atoms with van der Waals surface area (Å²) in [5.74, 6) is 0. The van der Waals surface area contributed by atoms with Gasteiger partial charge in [-0.15, -0.1) is 11.6 Å². The van der Waals surface area contributed by atoms with Crippen molar-refractivity contribution in [2.45, 2.75) is 13.8 Å². The number of benzene rings is 1. The van der Waals surface area contributed by atoms with Crippen LogP contribution in [0.2, 0.25) is 0 Å². The van der Waals surface area contributed by atoms with Crippen LogP contribution >= 0.6 is 11.6 Å². The summed E-state index contributed by atoms with van der Waals surface area (Å²) in [6.45, 7) is 3.84. The van der Waals surface area contributed by atoms with Crippen LogP contribution in [0.3, 0.4) is 0 Å². The molecule has 0 aliphatic rings. The lowest BCUT2D eigenvalue weighted by Gasteiger charge is -2.20. The van der Waals surface area contributed by atoms with Crippen molar-refractivity contribution < 1.29 is 8.42 Å². The summed E-state index contributed by atoms with van der Waals surface area (Å²) in [6, 6.07) is 5.60. The van der Waals surface area contributed by atoms with Gasteiger partial charge in [-0.05, 0) is 25.5 Å². The molecule has 0 spiro atoms. The van der Waals surface area contributed by atoms with Gasteiger partial charge < -0.3 is 0 Å². The molecule has 15 heavy (non-hydrogen) atoms. The molecule has 0 heterocycles. The van der Waals surface area contributed by atoms with Crippen molar-refractivity contribution in [2.75, 3.05) is 16.6 Å². The zero-order valence-electron chi connectivity index (χ0n) is 8.99. The van der Waals surface area contributed by atoms with Crippen molar-refractivity contribution in [3.8, 4) is 0 Å². The van der Waals surface area contributed by atoms with Crippen LogP contribution in [0.25, 0.3) is 0 Å². The average molecular weight is 248 g/mol. The zero-order chi connectivity index (χ0) is 11.6. The predicted molar refractivity (Wildman–Crippen MR) is 64.0 cm³/mol. The monoisotopic (exact) mass is 247 g/mol. The number of alkyl halides is 1. The van der Waals surface area contributed by atoms with Gasteiger partial charge in [-0.2, -0.15) is 0 Å². The molecule has 0 atom stereocenters. The van der Waals surface area contributed by atoms with E-state index in [-0.39, 0.29) is 0 Å². The minimum absolute atomic E-state index is 0.406. The molecule has 0 aromatic heterocycles. The van der Waals surface area contributed by atoms with Crippen LogP contribution in [0.1, 0.15) is 11.1 Å². The predicted octanol–water partition coefficient (Wildman–Crippen LogP) is 2.27. The fraction of sp³-hybridized carbons (Fsp3) is 0.400. The van der Waals surface area contributed by atoms with E-state index in [0.29, 0.717) is 5.69 Å². The van der Waals surface area contributed by atoms with Crippen molar-refractivity contribution in [3.05, 3.63) is 29.3 Å². The molecule has 0 bridgehead atoms. The van der Waals surface area contributed by atoms with E-state index in [1.54, 1.807) is 6.07 Å². The van der Waals surface area contributed by atoms with E-state index in [0.717, 1.165) is 11.1 Å². The van der Waals surface area contributed by atoms with Gasteiger partial charge in [-0.1, -0.05) is 17.7 Å². The molecule has 0 amide bonds. The van der Waals surface area contributed by atoms with Crippen molar-refractivity contribution in [2.24, 2.45) is 0 Å². The Morgan fingerprint density at radius 1 is 1.33 bits per heavy atom. The van der Waals surface area contributed by atoms with Crippen molar-refractivity contribution in [1.82, 2.24) is 0 Å². The molecule has 0 N–H and O–H groups in total. The highest BCUT2D eigenvalue weighted by Crippen LogP contribution is 2.22. The van der Waals surface area contributed by atoms with Crippen LogP contribution in [-0.2, 0) is 10.0 Å². The molecule has 0 radical (unpaired) electrons. The van der Waals surface area contributed by atoms with E-state index in [9.17, 15) is 8.42 Å². The highest BCUT2D eigenvalue weighted by Gasteiger charge is 2.18. The Balaban J connectivity index is 3.18. The second-order valence-corrected chi connectivity index (χ2v) is 6.06. The SMILES string of the molecule is Cc1ccc(N(C)S(=O)(=O)CCl)c(C)c1. The number of sulfonamides is 1. The Morgan fingerprint density at radius 3 is 2.40 bits per heavy atom. The second kappa shape index (κ2) is 4.41. The molecule has 1 aromatic carbocycles. The Morgan fingerprint density at radius 2 is 1.93 bits per heavy atom. The van der Waals surface area contributed by atoms with Crippen LogP contribution < -0.4 is 4.31 Å². The van der Waals surface area contributed by atoms with E-state index in [4.69, 9.17) is 11.6 Å². The summed E-state index contributed by atoms with van der Waals surface area (Å²) >= 11 is 5.39. The van der Waals surface area contributed by atoms with Gasteiger partial charge in [0.2, 0.25) is 10.0 Å². The van der Waals surface area contributed by atoms with Gasteiger partial charge in [-0.25, -0.2) is 8.42 Å². The lowest BCUT2D eigenvalue weighted by molar-refractivity contribution is 0.598. The first-order valence-corrected chi connectivity index (χ1v) is 6.62. The van der Waals surface area contributed by atoms with Crippen LogP contribution in [0.4, 0.5) is 5.69 Å². The summed E-state index contributed by atoms with van der Waals surface area (Å²) in [5.41, 5.74) is 2.69. The maximum Gasteiger partial charge on any atom is 0.248 e. The summed E-state index contributed by atoms with van der Waals surface area (Å²) in [7, 11) is -1.88. The van der Waals surface area contributed by atoms with Gasteiger partial charge in [-0.3, -0.25) is 4.31 Å². The standard InChI is InChI=1S/C10H14ClNO2S/c1-8-4-5-10(9(2)6-8)12(3)15(13,14)7-11/h4-6H,7H2,1-3H3. The van der Waals surface area contributed by atoms with Gasteiger partial charge in [0.05, 0.1) is 5.69 Å². The van der Waals surface area contributed by atoms with Crippen LogP contribution in [0.15, 0.2) is 18.2 Å². The highest BCUT2D eigenvalue weighted by atomic mass is 35.5. The van der Waals surface area contributed by atoms with Gasteiger partial charge in [0.1, 0.15) is 5.21 Å². The van der Waals surface area contributed by atoms with Crippen molar-refractivity contribution in [3.63, 3.8) is 0 Å². The second-order valence-electron chi connectivity index (χ2n) is 3.48. The smallest absolute Gasteiger partial charge is 0.248 e. The summed E-state index contributed by atoms with van der Waals surface area (Å²) in [6.07, 6.45) is 0. The number of hydrogen-bond donors (Lipinski definition) is 0. The molecule has 0 unspecified atom stereocenters. The van der Waals surface area contributed by atoms with E-state index < -0.39 is 15.2 Å². The maximum absolute atomic E-state index is 11.5. The molecule has 0 aliphatic carbocycles. The first-order chi connectivity index (χ1) is 6.88. The number of rotatable bonds is 3. The van der Waals surface area contributed by atoms with E-state index in [2.05, 4.69) is 0 Å². The normalized spacial score (nSPS) is 11.5. The minimum atomic E-state index is -3.39. The molecule has 0 fully saturated rings. The molecular formula is C10H14ClNO2S. The molecule has 3 nitrogen and oxygen atoms in total. The Bertz CT molecular complexity index is 456. The van der Waals surface area contributed by atoms with Gasteiger partial charge in [0.15, 0.2) is 0 Å². The van der Waals surface area contributed by atoms with Crippen LogP contribution in [0, 0.1) is 13.8 Å². The minimum Gasteiger partial charge on any atom is -0.272 e. The largest absolute Gasteiger partial charge is 0.272 e. The van der Waals surface area contributed by atoms with Crippen LogP contribution in [0.5, 0.6) is 0 Å². The lowest BCUT2D eigenvalue weighted by Crippen LogP contribution is -2.27. The van der Waals surface area contributed by atoms with Crippen LogP contribution in [-0.4, -0.2) is 20.7 Å². The third kappa shape index (κ3) is 2.63. The van der Waals surface area contributed by atoms with Gasteiger partial charge >= 0.3 is 0 Å². The molecule has 84 valence electrons. The fourth-order valence-corrected chi connectivity index (χ4v) is 2.47. The summed E-state index contributed by atoms with van der Waals surface area (Å²) in [5, 5.41) is -0.406. The molecule has 1 rings (SSSR count). The van der Waals surface area contributed by atoms with Gasteiger partial charge in [0, 0.05) is 7.05 Å². The van der Waals surface area contributed by atoms with E-state index in [1.165, 1.54) is 11.4 Å². The molecule has 5 heteroatoms. The zero-order valence-corrected chi connectivity index (χ0v) is 10.6. The van der Waals surface area contributed by atoms with E-state index in [1.807, 2.05) is 26.0 Å². The number of nitrogens with zero attached hydrogens (tertiary/aromatic N) is 1. The average Bonchev–Trinajstić information content (AvgIpc) is 2.17. The lowest BCUT2D eigenvalue weighted by atomic mass is 10.1. The number of halogens is 1. The Hall–Kier alpha value is -0.740. The Kier molecular flexibility index (Phi) is 3.62. The third-order valence-corrected chi connectivity index (χ3v) is 4.38. The number of anilines is 1.